The monoisotopic (exact) mass is 343 g/mol. The van der Waals surface area contributed by atoms with Gasteiger partial charge in [0.15, 0.2) is 0 Å². The summed E-state index contributed by atoms with van der Waals surface area (Å²) >= 11 is 0. The normalized spacial score (nSPS) is 17.3. The third-order valence-corrected chi connectivity index (χ3v) is 4.29. The second-order valence-corrected chi connectivity index (χ2v) is 5.94. The van der Waals surface area contributed by atoms with Gasteiger partial charge in [-0.2, -0.15) is 4.98 Å². The van der Waals surface area contributed by atoms with Crippen LogP contribution in [-0.4, -0.2) is 51.5 Å². The van der Waals surface area contributed by atoms with E-state index in [-0.39, 0.29) is 24.3 Å². The molecule has 0 radical (unpaired) electrons. The lowest BCUT2D eigenvalue weighted by molar-refractivity contribution is -0.142. The van der Waals surface area contributed by atoms with Crippen LogP contribution in [0.15, 0.2) is 28.9 Å². The van der Waals surface area contributed by atoms with Gasteiger partial charge in [-0.3, -0.25) is 14.6 Å². The number of nitrogens with zero attached hydrogens (tertiary/aromatic N) is 4. The van der Waals surface area contributed by atoms with Crippen LogP contribution in [0.25, 0.3) is 11.5 Å². The summed E-state index contributed by atoms with van der Waals surface area (Å²) < 4.78 is 5.20. The first kappa shape index (κ1) is 17.1. The topological polar surface area (TPSA) is 101 Å². The fourth-order valence-corrected chi connectivity index (χ4v) is 2.98. The van der Waals surface area contributed by atoms with Crippen LogP contribution in [0.5, 0.6) is 0 Å². The van der Waals surface area contributed by atoms with Gasteiger partial charge in [0.1, 0.15) is 11.7 Å². The van der Waals surface area contributed by atoms with E-state index in [1.54, 1.807) is 24.2 Å². The van der Waals surface area contributed by atoms with Crippen molar-refractivity contribution in [2.45, 2.75) is 38.1 Å². The maximum Gasteiger partial charge on any atom is 0.242 e. The van der Waals surface area contributed by atoms with Gasteiger partial charge in [-0.1, -0.05) is 11.2 Å². The molecule has 8 nitrogen and oxygen atoms in total. The van der Waals surface area contributed by atoms with Crippen LogP contribution >= 0.6 is 0 Å². The molecule has 0 spiro atoms. The maximum absolute atomic E-state index is 12.5. The van der Waals surface area contributed by atoms with E-state index >= 15 is 0 Å². The van der Waals surface area contributed by atoms with Crippen molar-refractivity contribution in [3.63, 3.8) is 0 Å². The second-order valence-electron chi connectivity index (χ2n) is 5.94. The van der Waals surface area contributed by atoms with E-state index in [0.29, 0.717) is 36.8 Å². The van der Waals surface area contributed by atoms with E-state index in [2.05, 4.69) is 20.4 Å². The molecule has 2 aromatic rings. The number of piperidine rings is 1. The molecule has 1 atom stereocenters. The fourth-order valence-electron chi connectivity index (χ4n) is 2.98. The fraction of sp³-hybridized carbons (Fsp3) is 0.471. The summed E-state index contributed by atoms with van der Waals surface area (Å²) in [6.07, 6.45) is 4.81. The Hall–Kier alpha value is -2.77. The van der Waals surface area contributed by atoms with Crippen LogP contribution in [0.3, 0.4) is 0 Å². The van der Waals surface area contributed by atoms with Gasteiger partial charge in [-0.25, -0.2) is 0 Å². The van der Waals surface area contributed by atoms with Gasteiger partial charge in [-0.15, -0.1) is 0 Å². The third kappa shape index (κ3) is 4.01. The lowest BCUT2D eigenvalue weighted by atomic mass is 10.0. The standard InChI is InChI=1S/C17H21N5O3/c1-18-17(24)13-7-3-5-11-22(13)15(23)9-8-14-20-16(21-25-14)12-6-2-4-10-19-12/h2,4,6,10,13H,3,5,7-9,11H2,1H3,(H,18,24). The molecular formula is C17H21N5O3. The lowest BCUT2D eigenvalue weighted by Gasteiger charge is -2.34. The van der Waals surface area contributed by atoms with Crippen molar-refractivity contribution in [3.8, 4) is 11.5 Å². The van der Waals surface area contributed by atoms with Crippen LogP contribution in [-0.2, 0) is 16.0 Å². The molecule has 1 aliphatic rings. The summed E-state index contributed by atoms with van der Waals surface area (Å²) in [6, 6.07) is 5.07. The van der Waals surface area contributed by atoms with Gasteiger partial charge < -0.3 is 14.7 Å². The third-order valence-electron chi connectivity index (χ3n) is 4.29. The van der Waals surface area contributed by atoms with E-state index in [1.807, 2.05) is 12.1 Å². The van der Waals surface area contributed by atoms with Gasteiger partial charge in [0.2, 0.25) is 23.5 Å². The van der Waals surface area contributed by atoms with Gasteiger partial charge in [0, 0.05) is 32.6 Å². The highest BCUT2D eigenvalue weighted by Crippen LogP contribution is 2.19. The predicted molar refractivity (Wildman–Crippen MR) is 89.3 cm³/mol. The first-order valence-electron chi connectivity index (χ1n) is 8.44. The average Bonchev–Trinajstić information content (AvgIpc) is 3.15. The van der Waals surface area contributed by atoms with Crippen LogP contribution in [0.2, 0.25) is 0 Å². The number of likely N-dealkylation sites (tertiary alicyclic amines) is 1. The van der Waals surface area contributed by atoms with Gasteiger partial charge in [0.05, 0.1) is 0 Å². The molecule has 8 heteroatoms. The zero-order valence-electron chi connectivity index (χ0n) is 14.1. The van der Waals surface area contributed by atoms with Gasteiger partial charge in [-0.05, 0) is 31.4 Å². The molecule has 3 heterocycles. The highest BCUT2D eigenvalue weighted by Gasteiger charge is 2.31. The predicted octanol–water partition coefficient (Wildman–Crippen LogP) is 1.19. The molecule has 1 unspecified atom stereocenters. The minimum absolute atomic E-state index is 0.0640. The molecule has 1 fully saturated rings. The Kier molecular flexibility index (Phi) is 5.37. The number of amides is 2. The van der Waals surface area contributed by atoms with Crippen molar-refractivity contribution in [2.24, 2.45) is 0 Å². The summed E-state index contributed by atoms with van der Waals surface area (Å²) in [4.78, 5) is 34.6. The molecule has 132 valence electrons. The molecule has 2 aromatic heterocycles. The number of hydrogen-bond donors (Lipinski definition) is 1. The molecule has 3 rings (SSSR count). The number of nitrogens with one attached hydrogen (secondary N) is 1. The van der Waals surface area contributed by atoms with E-state index in [1.165, 1.54) is 0 Å². The van der Waals surface area contributed by atoms with Crippen LogP contribution < -0.4 is 5.32 Å². The molecule has 0 aromatic carbocycles. The summed E-state index contributed by atoms with van der Waals surface area (Å²) in [7, 11) is 1.59. The number of hydrogen-bond acceptors (Lipinski definition) is 6. The van der Waals surface area contributed by atoms with Gasteiger partial charge in [0.25, 0.3) is 0 Å². The Morgan fingerprint density at radius 1 is 1.36 bits per heavy atom. The maximum atomic E-state index is 12.5. The molecule has 0 saturated carbocycles. The summed E-state index contributed by atoms with van der Waals surface area (Å²) in [5, 5.41) is 6.53. The van der Waals surface area contributed by atoms with Crippen LogP contribution in [0.1, 0.15) is 31.6 Å². The molecule has 1 N–H and O–H groups in total. The molecule has 2 amide bonds. The molecule has 25 heavy (non-hydrogen) atoms. The first-order chi connectivity index (χ1) is 12.2. The molecular weight excluding hydrogens is 322 g/mol. The van der Waals surface area contributed by atoms with E-state index in [0.717, 1.165) is 12.8 Å². The summed E-state index contributed by atoms with van der Waals surface area (Å²) in [5.41, 5.74) is 0.625. The van der Waals surface area contributed by atoms with E-state index < -0.39 is 0 Å². The highest BCUT2D eigenvalue weighted by molar-refractivity contribution is 5.87. The Morgan fingerprint density at radius 3 is 3.00 bits per heavy atom. The quantitative estimate of drug-likeness (QED) is 0.875. The van der Waals surface area contributed by atoms with E-state index in [4.69, 9.17) is 4.52 Å². The minimum atomic E-state index is -0.377. The summed E-state index contributed by atoms with van der Waals surface area (Å²) in [6.45, 7) is 0.611. The second kappa shape index (κ2) is 7.87. The number of carbonyl (C=O) groups excluding carboxylic acids is 2. The number of aromatic nitrogens is 3. The minimum Gasteiger partial charge on any atom is -0.357 e. The van der Waals surface area contributed by atoms with E-state index in [9.17, 15) is 9.59 Å². The number of carbonyl (C=O) groups is 2. The first-order valence-corrected chi connectivity index (χ1v) is 8.44. The molecule has 1 aliphatic heterocycles. The largest absolute Gasteiger partial charge is 0.357 e. The number of rotatable bonds is 5. The Labute approximate surface area is 145 Å². The molecule has 0 aliphatic carbocycles. The highest BCUT2D eigenvalue weighted by atomic mass is 16.5. The summed E-state index contributed by atoms with van der Waals surface area (Å²) in [5.74, 6) is 0.626. The van der Waals surface area contributed by atoms with Crippen LogP contribution in [0, 0.1) is 0 Å². The Morgan fingerprint density at radius 2 is 2.24 bits per heavy atom. The smallest absolute Gasteiger partial charge is 0.242 e. The zero-order chi connectivity index (χ0) is 17.6. The molecule has 1 saturated heterocycles. The van der Waals surface area contributed by atoms with Gasteiger partial charge >= 0.3 is 0 Å². The van der Waals surface area contributed by atoms with Crippen molar-refractivity contribution in [2.75, 3.05) is 13.6 Å². The average molecular weight is 343 g/mol. The van der Waals surface area contributed by atoms with Crippen molar-refractivity contribution in [1.82, 2.24) is 25.3 Å². The van der Waals surface area contributed by atoms with Crippen molar-refractivity contribution < 1.29 is 14.1 Å². The zero-order valence-corrected chi connectivity index (χ0v) is 14.1. The lowest BCUT2D eigenvalue weighted by Crippen LogP contribution is -2.51. The SMILES string of the molecule is CNC(=O)C1CCCCN1C(=O)CCc1nc(-c2ccccn2)no1. The number of aryl methyl sites for hydroxylation is 1. The molecule has 0 bridgehead atoms. The van der Waals surface area contributed by atoms with Crippen molar-refractivity contribution >= 4 is 11.8 Å². The Balaban J connectivity index is 1.60. The Bertz CT molecular complexity index is 731. The van der Waals surface area contributed by atoms with Crippen molar-refractivity contribution in [3.05, 3.63) is 30.3 Å². The van der Waals surface area contributed by atoms with Crippen LogP contribution in [0.4, 0.5) is 0 Å². The van der Waals surface area contributed by atoms with Crippen molar-refractivity contribution in [1.29, 1.82) is 0 Å². The number of pyridine rings is 1. The number of likely N-dealkylation sites (N-methyl/N-ethyl adjacent to an activating group) is 1.